The zero-order valence-corrected chi connectivity index (χ0v) is 16.8. The van der Waals surface area contributed by atoms with E-state index >= 15 is 0 Å². The van der Waals surface area contributed by atoms with Crippen LogP contribution in [0.25, 0.3) is 0 Å². The summed E-state index contributed by atoms with van der Waals surface area (Å²) in [4.78, 5) is 19.3. The Morgan fingerprint density at radius 1 is 0.806 bits per heavy atom. The van der Waals surface area contributed by atoms with Crippen LogP contribution in [0, 0.1) is 10.1 Å². The van der Waals surface area contributed by atoms with E-state index in [0.717, 1.165) is 0 Å². The minimum atomic E-state index is -0.540. The zero-order chi connectivity index (χ0) is 21.6. The first-order valence-corrected chi connectivity index (χ1v) is 9.58. The SMILES string of the molecule is O=[N+]([O-])c1c(Nc2ccc(Oc3ccccc3)cc2)ncnc1Nc1cccc(Cl)c1. The summed E-state index contributed by atoms with van der Waals surface area (Å²) in [5.74, 6) is 1.46. The number of hydrogen-bond acceptors (Lipinski definition) is 7. The molecule has 0 amide bonds. The molecule has 0 aliphatic carbocycles. The van der Waals surface area contributed by atoms with Crippen molar-refractivity contribution in [2.45, 2.75) is 0 Å². The van der Waals surface area contributed by atoms with Gasteiger partial charge in [0.2, 0.25) is 11.6 Å². The molecular formula is C22H16ClN5O3. The molecular weight excluding hydrogens is 418 g/mol. The minimum absolute atomic E-state index is 0.0498. The van der Waals surface area contributed by atoms with Gasteiger partial charge in [0.25, 0.3) is 0 Å². The second-order valence-electron chi connectivity index (χ2n) is 6.38. The van der Waals surface area contributed by atoms with Crippen molar-refractivity contribution in [3.8, 4) is 11.5 Å². The van der Waals surface area contributed by atoms with Gasteiger partial charge in [-0.25, -0.2) is 9.97 Å². The van der Waals surface area contributed by atoms with Gasteiger partial charge in [0.1, 0.15) is 17.8 Å². The molecule has 4 aromatic rings. The maximum Gasteiger partial charge on any atom is 0.353 e. The van der Waals surface area contributed by atoms with Crippen LogP contribution in [-0.2, 0) is 0 Å². The number of ether oxygens (including phenoxy) is 1. The smallest absolute Gasteiger partial charge is 0.353 e. The molecule has 0 spiro atoms. The lowest BCUT2D eigenvalue weighted by atomic mass is 10.3. The van der Waals surface area contributed by atoms with Gasteiger partial charge in [0, 0.05) is 16.4 Å². The highest BCUT2D eigenvalue weighted by molar-refractivity contribution is 6.30. The molecule has 0 saturated heterocycles. The lowest BCUT2D eigenvalue weighted by Gasteiger charge is -2.11. The fraction of sp³-hybridized carbons (Fsp3) is 0. The highest BCUT2D eigenvalue weighted by Crippen LogP contribution is 2.34. The standard InChI is InChI=1S/C22H16ClN5O3/c23-15-5-4-6-17(13-15)27-22-20(28(29)30)21(24-14-25-22)26-16-9-11-19(12-10-16)31-18-7-2-1-3-8-18/h1-14H,(H2,24,25,26,27). The molecule has 2 N–H and O–H groups in total. The predicted octanol–water partition coefficient (Wildman–Crippen LogP) is 6.32. The number of anilines is 4. The fourth-order valence-electron chi connectivity index (χ4n) is 2.81. The third-order valence-electron chi connectivity index (χ3n) is 4.19. The van der Waals surface area contributed by atoms with E-state index in [9.17, 15) is 10.1 Å². The Bertz CT molecular complexity index is 1200. The maximum absolute atomic E-state index is 11.7. The minimum Gasteiger partial charge on any atom is -0.457 e. The Hall–Kier alpha value is -4.17. The molecule has 0 saturated carbocycles. The average Bonchev–Trinajstić information content (AvgIpc) is 2.76. The third-order valence-corrected chi connectivity index (χ3v) is 4.42. The number of benzene rings is 3. The molecule has 31 heavy (non-hydrogen) atoms. The number of nitrogens with zero attached hydrogens (tertiary/aromatic N) is 3. The Labute approximate surface area is 182 Å². The van der Waals surface area contributed by atoms with Crippen molar-refractivity contribution in [1.82, 2.24) is 9.97 Å². The van der Waals surface area contributed by atoms with Crippen LogP contribution < -0.4 is 15.4 Å². The molecule has 1 heterocycles. The first-order chi connectivity index (χ1) is 15.1. The van der Waals surface area contributed by atoms with E-state index in [1.54, 1.807) is 48.5 Å². The Balaban J connectivity index is 1.56. The van der Waals surface area contributed by atoms with E-state index in [1.807, 2.05) is 30.3 Å². The summed E-state index contributed by atoms with van der Waals surface area (Å²) in [6.07, 6.45) is 1.25. The monoisotopic (exact) mass is 433 g/mol. The lowest BCUT2D eigenvalue weighted by Crippen LogP contribution is -2.05. The highest BCUT2D eigenvalue weighted by atomic mass is 35.5. The van der Waals surface area contributed by atoms with Crippen molar-refractivity contribution in [3.63, 3.8) is 0 Å². The molecule has 0 bridgehead atoms. The molecule has 0 unspecified atom stereocenters. The number of nitro groups is 1. The van der Waals surface area contributed by atoms with Gasteiger partial charge in [0.15, 0.2) is 0 Å². The molecule has 154 valence electrons. The van der Waals surface area contributed by atoms with Gasteiger partial charge >= 0.3 is 5.69 Å². The maximum atomic E-state index is 11.7. The first kappa shape index (κ1) is 20.1. The van der Waals surface area contributed by atoms with Gasteiger partial charge in [-0.3, -0.25) is 10.1 Å². The molecule has 0 fully saturated rings. The van der Waals surface area contributed by atoms with Crippen LogP contribution in [0.1, 0.15) is 0 Å². The molecule has 0 aliphatic heterocycles. The summed E-state index contributed by atoms with van der Waals surface area (Å²) in [6.45, 7) is 0. The Morgan fingerprint density at radius 3 is 2.10 bits per heavy atom. The predicted molar refractivity (Wildman–Crippen MR) is 120 cm³/mol. The van der Waals surface area contributed by atoms with Crippen molar-refractivity contribution >= 4 is 40.3 Å². The summed E-state index contributed by atoms with van der Waals surface area (Å²) in [5.41, 5.74) is 0.894. The van der Waals surface area contributed by atoms with Crippen LogP contribution in [0.3, 0.4) is 0 Å². The Kier molecular flexibility index (Phi) is 5.91. The van der Waals surface area contributed by atoms with Crippen molar-refractivity contribution < 1.29 is 9.66 Å². The quantitative estimate of drug-likeness (QED) is 0.259. The van der Waals surface area contributed by atoms with Crippen LogP contribution in [-0.4, -0.2) is 14.9 Å². The van der Waals surface area contributed by atoms with Crippen LogP contribution in [0.4, 0.5) is 28.7 Å². The third kappa shape index (κ3) is 5.06. The number of aromatic nitrogens is 2. The summed E-state index contributed by atoms with van der Waals surface area (Å²) < 4.78 is 5.76. The summed E-state index contributed by atoms with van der Waals surface area (Å²) in [6, 6.07) is 23.2. The van der Waals surface area contributed by atoms with E-state index in [0.29, 0.717) is 27.9 Å². The van der Waals surface area contributed by atoms with E-state index in [1.165, 1.54) is 6.33 Å². The second-order valence-corrected chi connectivity index (χ2v) is 6.81. The second kappa shape index (κ2) is 9.10. The highest BCUT2D eigenvalue weighted by Gasteiger charge is 2.23. The first-order valence-electron chi connectivity index (χ1n) is 9.20. The van der Waals surface area contributed by atoms with Crippen LogP contribution in [0.5, 0.6) is 11.5 Å². The van der Waals surface area contributed by atoms with Gasteiger partial charge < -0.3 is 15.4 Å². The molecule has 8 nitrogen and oxygen atoms in total. The lowest BCUT2D eigenvalue weighted by molar-refractivity contribution is -0.383. The summed E-state index contributed by atoms with van der Waals surface area (Å²) in [5, 5.41) is 18.1. The van der Waals surface area contributed by atoms with E-state index in [2.05, 4.69) is 20.6 Å². The van der Waals surface area contributed by atoms with Gasteiger partial charge in [0.05, 0.1) is 4.92 Å². The molecule has 0 atom stereocenters. The molecule has 3 aromatic carbocycles. The van der Waals surface area contributed by atoms with Crippen molar-refractivity contribution in [3.05, 3.63) is 100 Å². The van der Waals surface area contributed by atoms with Gasteiger partial charge in [-0.05, 0) is 54.6 Å². The molecule has 1 aromatic heterocycles. The molecule has 0 aliphatic rings. The van der Waals surface area contributed by atoms with Crippen LogP contribution in [0.15, 0.2) is 85.2 Å². The normalized spacial score (nSPS) is 10.4. The van der Waals surface area contributed by atoms with Crippen LogP contribution >= 0.6 is 11.6 Å². The van der Waals surface area contributed by atoms with Crippen LogP contribution in [0.2, 0.25) is 5.02 Å². The van der Waals surface area contributed by atoms with E-state index < -0.39 is 4.92 Å². The Morgan fingerprint density at radius 2 is 1.45 bits per heavy atom. The number of hydrogen-bond donors (Lipinski definition) is 2. The topological polar surface area (TPSA) is 102 Å². The van der Waals surface area contributed by atoms with Crippen molar-refractivity contribution in [2.75, 3.05) is 10.6 Å². The van der Waals surface area contributed by atoms with Gasteiger partial charge in [-0.2, -0.15) is 0 Å². The van der Waals surface area contributed by atoms with E-state index in [-0.39, 0.29) is 17.3 Å². The molecule has 4 rings (SSSR count). The van der Waals surface area contributed by atoms with E-state index in [4.69, 9.17) is 16.3 Å². The van der Waals surface area contributed by atoms with Crippen molar-refractivity contribution in [2.24, 2.45) is 0 Å². The summed E-state index contributed by atoms with van der Waals surface area (Å²) in [7, 11) is 0. The van der Waals surface area contributed by atoms with Crippen molar-refractivity contribution in [1.29, 1.82) is 0 Å². The number of nitrogens with one attached hydrogen (secondary N) is 2. The number of halogens is 1. The van der Waals surface area contributed by atoms with Gasteiger partial charge in [-0.1, -0.05) is 35.9 Å². The van der Waals surface area contributed by atoms with Gasteiger partial charge in [-0.15, -0.1) is 0 Å². The average molecular weight is 434 g/mol. The largest absolute Gasteiger partial charge is 0.457 e. The summed E-state index contributed by atoms with van der Waals surface area (Å²) >= 11 is 5.99. The molecule has 9 heteroatoms. The fourth-order valence-corrected chi connectivity index (χ4v) is 3.00. The zero-order valence-electron chi connectivity index (χ0n) is 16.0. The number of para-hydroxylation sites is 1. The number of rotatable bonds is 7. The molecule has 0 radical (unpaired) electrons.